The molecule has 4 nitrogen and oxygen atoms in total. The van der Waals surface area contributed by atoms with Crippen LogP contribution < -0.4 is 0 Å². The first kappa shape index (κ1) is 13.5. The van der Waals surface area contributed by atoms with Crippen molar-refractivity contribution < 1.29 is 14.6 Å². The van der Waals surface area contributed by atoms with Crippen LogP contribution in [-0.2, 0) is 9.53 Å². The minimum atomic E-state index is -0.820. The second-order valence-corrected chi connectivity index (χ2v) is 4.52. The Hall–Kier alpha value is -0.610. The highest BCUT2D eigenvalue weighted by atomic mass is 16.5. The average Bonchev–Trinajstić information content (AvgIpc) is 2.54. The van der Waals surface area contributed by atoms with Gasteiger partial charge in [-0.1, -0.05) is 19.8 Å². The van der Waals surface area contributed by atoms with Crippen LogP contribution in [0.25, 0.3) is 0 Å². The molecule has 0 radical (unpaired) electrons. The zero-order chi connectivity index (χ0) is 12.0. The second kappa shape index (κ2) is 6.21. The molecule has 1 fully saturated rings. The van der Waals surface area contributed by atoms with E-state index in [-0.39, 0.29) is 6.61 Å². The topological polar surface area (TPSA) is 49.8 Å². The van der Waals surface area contributed by atoms with Gasteiger partial charge in [-0.3, -0.25) is 9.69 Å². The van der Waals surface area contributed by atoms with E-state index in [1.807, 2.05) is 6.92 Å². The lowest BCUT2D eigenvalue weighted by Gasteiger charge is -2.39. The first-order chi connectivity index (χ1) is 7.67. The molecule has 1 heterocycles. The SMILES string of the molecule is CCC(COC)(C(=O)O)N1CCCCCC1. The Morgan fingerprint density at radius 2 is 1.88 bits per heavy atom. The molecule has 0 spiro atoms. The van der Waals surface area contributed by atoms with E-state index in [1.54, 1.807) is 7.11 Å². The van der Waals surface area contributed by atoms with Gasteiger partial charge in [-0.05, 0) is 32.4 Å². The van der Waals surface area contributed by atoms with Gasteiger partial charge >= 0.3 is 5.97 Å². The number of carbonyl (C=O) groups is 1. The maximum Gasteiger partial charge on any atom is 0.326 e. The van der Waals surface area contributed by atoms with Crippen LogP contribution in [0.5, 0.6) is 0 Å². The van der Waals surface area contributed by atoms with E-state index in [0.29, 0.717) is 6.42 Å². The lowest BCUT2D eigenvalue weighted by atomic mass is 9.94. The summed E-state index contributed by atoms with van der Waals surface area (Å²) in [5.74, 6) is -0.751. The Balaban J connectivity index is 2.83. The summed E-state index contributed by atoms with van der Waals surface area (Å²) in [6.45, 7) is 3.96. The van der Waals surface area contributed by atoms with Crippen molar-refractivity contribution in [2.45, 2.75) is 44.6 Å². The van der Waals surface area contributed by atoms with Crippen LogP contribution >= 0.6 is 0 Å². The average molecular weight is 229 g/mol. The summed E-state index contributed by atoms with van der Waals surface area (Å²) >= 11 is 0. The summed E-state index contributed by atoms with van der Waals surface area (Å²) in [4.78, 5) is 13.6. The van der Waals surface area contributed by atoms with Gasteiger partial charge < -0.3 is 9.84 Å². The van der Waals surface area contributed by atoms with Gasteiger partial charge in [0.2, 0.25) is 0 Å². The Morgan fingerprint density at radius 3 is 2.25 bits per heavy atom. The molecule has 1 aliphatic heterocycles. The van der Waals surface area contributed by atoms with Crippen LogP contribution in [0, 0.1) is 0 Å². The van der Waals surface area contributed by atoms with Gasteiger partial charge in [-0.2, -0.15) is 0 Å². The molecular formula is C12H23NO3. The molecule has 1 unspecified atom stereocenters. The molecule has 0 aromatic rings. The van der Waals surface area contributed by atoms with Crippen LogP contribution in [0.2, 0.25) is 0 Å². The monoisotopic (exact) mass is 229 g/mol. The Kier molecular flexibility index (Phi) is 5.22. The van der Waals surface area contributed by atoms with Crippen molar-refractivity contribution in [2.75, 3.05) is 26.8 Å². The van der Waals surface area contributed by atoms with Crippen molar-refractivity contribution in [3.63, 3.8) is 0 Å². The molecular weight excluding hydrogens is 206 g/mol. The number of rotatable bonds is 5. The smallest absolute Gasteiger partial charge is 0.326 e. The minimum Gasteiger partial charge on any atom is -0.480 e. The summed E-state index contributed by atoms with van der Waals surface area (Å²) in [7, 11) is 1.57. The van der Waals surface area contributed by atoms with Gasteiger partial charge in [-0.25, -0.2) is 0 Å². The summed E-state index contributed by atoms with van der Waals surface area (Å²) in [6, 6.07) is 0. The number of carboxylic acid groups (broad SMARTS) is 1. The Labute approximate surface area is 97.6 Å². The van der Waals surface area contributed by atoms with Gasteiger partial charge in [-0.15, -0.1) is 0 Å². The largest absolute Gasteiger partial charge is 0.480 e. The fourth-order valence-corrected chi connectivity index (χ4v) is 2.50. The fourth-order valence-electron chi connectivity index (χ4n) is 2.50. The summed E-state index contributed by atoms with van der Waals surface area (Å²) in [6.07, 6.45) is 5.21. The molecule has 1 atom stereocenters. The first-order valence-electron chi connectivity index (χ1n) is 6.14. The van der Waals surface area contributed by atoms with E-state index in [9.17, 15) is 9.90 Å². The van der Waals surface area contributed by atoms with Crippen molar-refractivity contribution in [1.29, 1.82) is 0 Å². The Morgan fingerprint density at radius 1 is 1.31 bits per heavy atom. The van der Waals surface area contributed by atoms with Gasteiger partial charge in [0.15, 0.2) is 0 Å². The molecule has 0 bridgehead atoms. The molecule has 4 heteroatoms. The molecule has 1 aliphatic rings. The lowest BCUT2D eigenvalue weighted by Crippen LogP contribution is -2.57. The van der Waals surface area contributed by atoms with E-state index in [4.69, 9.17) is 4.74 Å². The highest BCUT2D eigenvalue weighted by Gasteiger charge is 2.42. The number of methoxy groups -OCH3 is 1. The molecule has 1 rings (SSSR count). The van der Waals surface area contributed by atoms with Crippen LogP contribution in [0.1, 0.15) is 39.0 Å². The number of aliphatic carboxylic acids is 1. The quantitative estimate of drug-likeness (QED) is 0.780. The minimum absolute atomic E-state index is 0.277. The van der Waals surface area contributed by atoms with E-state index >= 15 is 0 Å². The number of hydrogen-bond acceptors (Lipinski definition) is 3. The summed E-state index contributed by atoms with van der Waals surface area (Å²) in [5, 5.41) is 9.48. The van der Waals surface area contributed by atoms with E-state index < -0.39 is 11.5 Å². The van der Waals surface area contributed by atoms with Crippen molar-refractivity contribution in [3.05, 3.63) is 0 Å². The van der Waals surface area contributed by atoms with Gasteiger partial charge in [0, 0.05) is 7.11 Å². The predicted octanol–water partition coefficient (Wildman–Crippen LogP) is 1.74. The standard InChI is InChI=1S/C12H23NO3/c1-3-12(10-16-2,11(14)15)13-8-6-4-5-7-9-13/h3-10H2,1-2H3,(H,14,15). The van der Waals surface area contributed by atoms with Crippen molar-refractivity contribution >= 4 is 5.97 Å². The van der Waals surface area contributed by atoms with Crippen molar-refractivity contribution in [1.82, 2.24) is 4.90 Å². The number of carboxylic acids is 1. The zero-order valence-corrected chi connectivity index (χ0v) is 10.4. The molecule has 0 saturated carbocycles. The molecule has 1 saturated heterocycles. The van der Waals surface area contributed by atoms with Gasteiger partial charge in [0.05, 0.1) is 6.61 Å². The normalized spacial score (nSPS) is 22.4. The second-order valence-electron chi connectivity index (χ2n) is 4.52. The van der Waals surface area contributed by atoms with Crippen molar-refractivity contribution in [3.8, 4) is 0 Å². The maximum atomic E-state index is 11.5. The van der Waals surface area contributed by atoms with E-state index in [0.717, 1.165) is 25.9 Å². The van der Waals surface area contributed by atoms with Crippen LogP contribution in [0.4, 0.5) is 0 Å². The molecule has 0 aliphatic carbocycles. The third-order valence-corrected chi connectivity index (χ3v) is 3.58. The van der Waals surface area contributed by atoms with Gasteiger partial charge in [0.25, 0.3) is 0 Å². The van der Waals surface area contributed by atoms with Crippen LogP contribution in [-0.4, -0.2) is 48.3 Å². The highest BCUT2D eigenvalue weighted by molar-refractivity contribution is 5.79. The van der Waals surface area contributed by atoms with E-state index in [1.165, 1.54) is 12.8 Å². The molecule has 1 N–H and O–H groups in total. The maximum absolute atomic E-state index is 11.5. The van der Waals surface area contributed by atoms with Gasteiger partial charge in [0.1, 0.15) is 5.54 Å². The third kappa shape index (κ3) is 2.74. The molecule has 0 amide bonds. The summed E-state index contributed by atoms with van der Waals surface area (Å²) in [5.41, 5.74) is -0.820. The predicted molar refractivity (Wildman–Crippen MR) is 62.6 cm³/mol. The highest BCUT2D eigenvalue weighted by Crippen LogP contribution is 2.24. The van der Waals surface area contributed by atoms with Crippen LogP contribution in [0.3, 0.4) is 0 Å². The molecule has 0 aromatic heterocycles. The lowest BCUT2D eigenvalue weighted by molar-refractivity contribution is -0.156. The number of hydrogen-bond donors (Lipinski definition) is 1. The van der Waals surface area contributed by atoms with Crippen LogP contribution in [0.15, 0.2) is 0 Å². The first-order valence-corrected chi connectivity index (χ1v) is 6.14. The molecule has 16 heavy (non-hydrogen) atoms. The Bertz CT molecular complexity index is 224. The summed E-state index contributed by atoms with van der Waals surface area (Å²) < 4.78 is 5.13. The fraction of sp³-hybridized carbons (Fsp3) is 0.917. The zero-order valence-electron chi connectivity index (χ0n) is 10.4. The van der Waals surface area contributed by atoms with E-state index in [2.05, 4.69) is 4.90 Å². The van der Waals surface area contributed by atoms with Crippen molar-refractivity contribution in [2.24, 2.45) is 0 Å². The third-order valence-electron chi connectivity index (χ3n) is 3.58. The molecule has 94 valence electrons. The number of likely N-dealkylation sites (tertiary alicyclic amines) is 1. The number of ether oxygens (including phenoxy) is 1. The number of nitrogens with zero attached hydrogens (tertiary/aromatic N) is 1. The molecule has 0 aromatic carbocycles.